The minimum Gasteiger partial charge on any atom is -0.490 e. The molecule has 0 saturated heterocycles. The van der Waals surface area contributed by atoms with Gasteiger partial charge in [0.1, 0.15) is 5.75 Å². The number of anilines is 1. The highest BCUT2D eigenvalue weighted by Crippen LogP contribution is 2.27. The van der Waals surface area contributed by atoms with Gasteiger partial charge in [-0.1, -0.05) is 22.0 Å². The summed E-state index contributed by atoms with van der Waals surface area (Å²) in [5.41, 5.74) is 2.31. The fourth-order valence-electron chi connectivity index (χ4n) is 1.78. The SMILES string of the molecule is CC(C)Oc1ccc(CNc2ccc(Br)cc2)cc1Br. The maximum Gasteiger partial charge on any atom is 0.133 e. The van der Waals surface area contributed by atoms with Gasteiger partial charge in [-0.15, -0.1) is 0 Å². The zero-order valence-electron chi connectivity index (χ0n) is 11.5. The molecular formula is C16H17Br2NO. The number of benzene rings is 2. The summed E-state index contributed by atoms with van der Waals surface area (Å²) >= 11 is 6.98. The van der Waals surface area contributed by atoms with Crippen LogP contribution in [0.3, 0.4) is 0 Å². The zero-order valence-corrected chi connectivity index (χ0v) is 14.7. The van der Waals surface area contributed by atoms with Gasteiger partial charge >= 0.3 is 0 Å². The number of hydrogen-bond donors (Lipinski definition) is 1. The van der Waals surface area contributed by atoms with Gasteiger partial charge in [-0.3, -0.25) is 0 Å². The molecule has 0 atom stereocenters. The van der Waals surface area contributed by atoms with Crippen molar-refractivity contribution in [2.24, 2.45) is 0 Å². The van der Waals surface area contributed by atoms with Crippen LogP contribution >= 0.6 is 31.9 Å². The smallest absolute Gasteiger partial charge is 0.133 e. The molecular weight excluding hydrogens is 382 g/mol. The molecule has 2 aromatic carbocycles. The van der Waals surface area contributed by atoms with Crippen molar-refractivity contribution in [3.05, 3.63) is 57.0 Å². The molecule has 2 aromatic rings. The molecule has 0 aliphatic carbocycles. The van der Waals surface area contributed by atoms with Gasteiger partial charge in [0.2, 0.25) is 0 Å². The second kappa shape index (κ2) is 7.14. The number of rotatable bonds is 5. The first-order valence-corrected chi connectivity index (χ1v) is 8.07. The molecule has 4 heteroatoms. The summed E-state index contributed by atoms with van der Waals surface area (Å²) in [6.07, 6.45) is 0.179. The molecule has 106 valence electrons. The lowest BCUT2D eigenvalue weighted by atomic mass is 10.2. The highest BCUT2D eigenvalue weighted by Gasteiger charge is 2.04. The first kappa shape index (κ1) is 15.4. The van der Waals surface area contributed by atoms with Crippen LogP contribution in [0.25, 0.3) is 0 Å². The second-order valence-corrected chi connectivity index (χ2v) is 6.56. The summed E-state index contributed by atoms with van der Waals surface area (Å²) in [5.74, 6) is 0.882. The van der Waals surface area contributed by atoms with Crippen LogP contribution in [0.15, 0.2) is 51.4 Å². The van der Waals surface area contributed by atoms with Crippen LogP contribution in [0.4, 0.5) is 5.69 Å². The monoisotopic (exact) mass is 397 g/mol. The minimum atomic E-state index is 0.179. The maximum absolute atomic E-state index is 5.70. The molecule has 2 nitrogen and oxygen atoms in total. The van der Waals surface area contributed by atoms with E-state index in [4.69, 9.17) is 4.74 Å². The van der Waals surface area contributed by atoms with E-state index in [9.17, 15) is 0 Å². The van der Waals surface area contributed by atoms with E-state index >= 15 is 0 Å². The molecule has 0 fully saturated rings. The maximum atomic E-state index is 5.70. The predicted octanol–water partition coefficient (Wildman–Crippen LogP) is 5.61. The van der Waals surface area contributed by atoms with Gasteiger partial charge in [0, 0.05) is 16.7 Å². The lowest BCUT2D eigenvalue weighted by Gasteiger charge is -2.13. The fraction of sp³-hybridized carbons (Fsp3) is 0.250. The van der Waals surface area contributed by atoms with Gasteiger partial charge in [-0.2, -0.15) is 0 Å². The molecule has 0 saturated carbocycles. The van der Waals surface area contributed by atoms with Crippen molar-refractivity contribution in [3.63, 3.8) is 0 Å². The largest absolute Gasteiger partial charge is 0.490 e. The van der Waals surface area contributed by atoms with Gasteiger partial charge in [-0.25, -0.2) is 0 Å². The Hall–Kier alpha value is -1.000. The topological polar surface area (TPSA) is 21.3 Å². The number of nitrogens with one attached hydrogen (secondary N) is 1. The van der Waals surface area contributed by atoms with Crippen molar-refractivity contribution in [2.75, 3.05) is 5.32 Å². The van der Waals surface area contributed by atoms with Gasteiger partial charge in [-0.05, 0) is 71.7 Å². The Balaban J connectivity index is 1.99. The van der Waals surface area contributed by atoms with Gasteiger partial charge in [0.25, 0.3) is 0 Å². The van der Waals surface area contributed by atoms with Crippen LogP contribution in [0, 0.1) is 0 Å². The molecule has 0 bridgehead atoms. The van der Waals surface area contributed by atoms with Crippen LogP contribution in [0.1, 0.15) is 19.4 Å². The van der Waals surface area contributed by atoms with E-state index in [0.717, 1.165) is 26.9 Å². The van der Waals surface area contributed by atoms with Crippen molar-refractivity contribution < 1.29 is 4.74 Å². The molecule has 0 aliphatic heterocycles. The lowest BCUT2D eigenvalue weighted by molar-refractivity contribution is 0.241. The summed E-state index contributed by atoms with van der Waals surface area (Å²) in [6, 6.07) is 14.3. The summed E-state index contributed by atoms with van der Waals surface area (Å²) in [5, 5.41) is 3.39. The van der Waals surface area contributed by atoms with E-state index in [1.54, 1.807) is 0 Å². The summed E-state index contributed by atoms with van der Waals surface area (Å²) < 4.78 is 7.77. The molecule has 2 rings (SSSR count). The normalized spacial score (nSPS) is 10.7. The van der Waals surface area contributed by atoms with Crippen LogP contribution in [0.2, 0.25) is 0 Å². The third-order valence-electron chi connectivity index (χ3n) is 2.70. The van der Waals surface area contributed by atoms with Crippen LogP contribution in [0.5, 0.6) is 5.75 Å². The summed E-state index contributed by atoms with van der Waals surface area (Å²) in [7, 11) is 0. The van der Waals surface area contributed by atoms with Crippen LogP contribution in [-0.2, 0) is 6.54 Å². The molecule has 20 heavy (non-hydrogen) atoms. The molecule has 0 unspecified atom stereocenters. The first-order chi connectivity index (χ1) is 9.54. The van der Waals surface area contributed by atoms with E-state index in [-0.39, 0.29) is 6.10 Å². The standard InChI is InChI=1S/C16H17Br2NO/c1-11(2)20-16-8-3-12(9-15(16)18)10-19-14-6-4-13(17)5-7-14/h3-9,11,19H,10H2,1-2H3. The Morgan fingerprint density at radius 1 is 1.05 bits per heavy atom. The average Bonchev–Trinajstić information content (AvgIpc) is 2.40. The van der Waals surface area contributed by atoms with Crippen molar-refractivity contribution in [1.82, 2.24) is 0 Å². The van der Waals surface area contributed by atoms with Crippen LogP contribution < -0.4 is 10.1 Å². The van der Waals surface area contributed by atoms with Crippen LogP contribution in [-0.4, -0.2) is 6.10 Å². The molecule has 0 aliphatic rings. The average molecular weight is 399 g/mol. The van der Waals surface area contributed by atoms with E-state index in [0.29, 0.717) is 0 Å². The van der Waals surface area contributed by atoms with Gasteiger partial charge < -0.3 is 10.1 Å². The Morgan fingerprint density at radius 2 is 1.75 bits per heavy atom. The number of halogens is 2. The number of ether oxygens (including phenoxy) is 1. The molecule has 0 spiro atoms. The van der Waals surface area contributed by atoms with E-state index < -0.39 is 0 Å². The highest BCUT2D eigenvalue weighted by molar-refractivity contribution is 9.10. The molecule has 0 amide bonds. The Labute approximate surface area is 136 Å². The molecule has 0 aromatic heterocycles. The molecule has 1 N–H and O–H groups in total. The Morgan fingerprint density at radius 3 is 2.35 bits per heavy atom. The predicted molar refractivity (Wildman–Crippen MR) is 91.4 cm³/mol. The third-order valence-corrected chi connectivity index (χ3v) is 3.85. The molecule has 0 heterocycles. The lowest BCUT2D eigenvalue weighted by Crippen LogP contribution is -2.06. The van der Waals surface area contributed by atoms with Gasteiger partial charge in [0.15, 0.2) is 0 Å². The Bertz CT molecular complexity index is 567. The Kier molecular flexibility index (Phi) is 5.49. The van der Waals surface area contributed by atoms with Crippen molar-refractivity contribution >= 4 is 37.5 Å². The third kappa shape index (κ3) is 4.53. The van der Waals surface area contributed by atoms with E-state index in [1.165, 1.54) is 5.56 Å². The van der Waals surface area contributed by atoms with Crippen molar-refractivity contribution in [1.29, 1.82) is 0 Å². The summed E-state index contributed by atoms with van der Waals surface area (Å²) in [6.45, 7) is 4.83. The fourth-order valence-corrected chi connectivity index (χ4v) is 2.56. The summed E-state index contributed by atoms with van der Waals surface area (Å²) in [4.78, 5) is 0. The molecule has 0 radical (unpaired) electrons. The number of hydrogen-bond acceptors (Lipinski definition) is 2. The zero-order chi connectivity index (χ0) is 14.5. The van der Waals surface area contributed by atoms with Crippen molar-refractivity contribution in [3.8, 4) is 5.75 Å². The highest BCUT2D eigenvalue weighted by atomic mass is 79.9. The van der Waals surface area contributed by atoms with E-state index in [1.807, 2.05) is 32.0 Å². The van der Waals surface area contributed by atoms with E-state index in [2.05, 4.69) is 61.4 Å². The van der Waals surface area contributed by atoms with Crippen molar-refractivity contribution in [2.45, 2.75) is 26.5 Å². The minimum absolute atomic E-state index is 0.179. The quantitative estimate of drug-likeness (QED) is 0.706. The second-order valence-electron chi connectivity index (χ2n) is 4.79. The first-order valence-electron chi connectivity index (χ1n) is 6.49. The van der Waals surface area contributed by atoms with Gasteiger partial charge in [0.05, 0.1) is 10.6 Å².